The highest BCUT2D eigenvalue weighted by atomic mass is 19.4. The SMILES string of the molecule is CN(Cc1ccc(C(F)(F)F)cc1)C(=O)COc1ccc2c(c1)CCC(=O)N2. The van der Waals surface area contributed by atoms with E-state index >= 15 is 0 Å². The van der Waals surface area contributed by atoms with Crippen molar-refractivity contribution >= 4 is 17.5 Å². The molecule has 1 aliphatic rings. The Bertz CT molecular complexity index is 879. The summed E-state index contributed by atoms with van der Waals surface area (Å²) in [6.45, 7) is -0.0150. The third kappa shape index (κ3) is 4.82. The van der Waals surface area contributed by atoms with Crippen LogP contribution in [0.2, 0.25) is 0 Å². The second-order valence-electron chi connectivity index (χ2n) is 6.60. The minimum atomic E-state index is -4.38. The van der Waals surface area contributed by atoms with Crippen molar-refractivity contribution in [3.05, 3.63) is 59.2 Å². The number of aryl methyl sites for hydroxylation is 1. The van der Waals surface area contributed by atoms with Crippen LogP contribution in [0.4, 0.5) is 18.9 Å². The van der Waals surface area contributed by atoms with Gasteiger partial charge < -0.3 is 15.0 Å². The number of hydrogen-bond acceptors (Lipinski definition) is 3. The lowest BCUT2D eigenvalue weighted by molar-refractivity contribution is -0.137. The van der Waals surface area contributed by atoms with E-state index in [2.05, 4.69) is 5.32 Å². The van der Waals surface area contributed by atoms with Crippen molar-refractivity contribution in [1.82, 2.24) is 4.90 Å². The van der Waals surface area contributed by atoms with Gasteiger partial charge in [0.15, 0.2) is 6.61 Å². The van der Waals surface area contributed by atoms with E-state index < -0.39 is 11.7 Å². The molecular weight excluding hydrogens is 373 g/mol. The zero-order valence-electron chi connectivity index (χ0n) is 15.2. The number of hydrogen-bond donors (Lipinski definition) is 1. The molecule has 0 fully saturated rings. The van der Waals surface area contributed by atoms with Crippen LogP contribution in [0.15, 0.2) is 42.5 Å². The average Bonchev–Trinajstić information content (AvgIpc) is 2.65. The number of fused-ring (bicyclic) bond motifs is 1. The van der Waals surface area contributed by atoms with Gasteiger partial charge in [-0.3, -0.25) is 9.59 Å². The Morgan fingerprint density at radius 1 is 1.14 bits per heavy atom. The van der Waals surface area contributed by atoms with E-state index in [1.54, 1.807) is 25.2 Å². The molecule has 0 unspecified atom stereocenters. The molecule has 0 bridgehead atoms. The number of amides is 2. The molecule has 0 saturated heterocycles. The van der Waals surface area contributed by atoms with Gasteiger partial charge in [0.1, 0.15) is 5.75 Å². The Kier molecular flexibility index (Phi) is 5.58. The van der Waals surface area contributed by atoms with Gasteiger partial charge in [-0.15, -0.1) is 0 Å². The van der Waals surface area contributed by atoms with Crippen LogP contribution in [-0.2, 0) is 28.7 Å². The first-order chi connectivity index (χ1) is 13.2. The van der Waals surface area contributed by atoms with Crippen molar-refractivity contribution in [3.8, 4) is 5.75 Å². The standard InChI is InChI=1S/C20H19F3N2O3/c1-25(11-13-2-5-15(6-3-13)20(21,22)23)19(27)12-28-16-7-8-17-14(10-16)4-9-18(26)24-17/h2-3,5-8,10H,4,9,11-12H2,1H3,(H,24,26). The molecule has 0 spiro atoms. The fraction of sp³-hybridized carbons (Fsp3) is 0.300. The summed E-state index contributed by atoms with van der Waals surface area (Å²) in [7, 11) is 1.56. The van der Waals surface area contributed by atoms with Crippen LogP contribution in [0.1, 0.15) is 23.1 Å². The molecule has 0 radical (unpaired) electrons. The number of ether oxygens (including phenoxy) is 1. The highest BCUT2D eigenvalue weighted by Gasteiger charge is 2.30. The molecule has 148 valence electrons. The maximum Gasteiger partial charge on any atom is 0.416 e. The molecule has 1 heterocycles. The van der Waals surface area contributed by atoms with Crippen LogP contribution in [0.3, 0.4) is 0 Å². The maximum absolute atomic E-state index is 12.6. The number of anilines is 1. The number of rotatable bonds is 5. The van der Waals surface area contributed by atoms with Crippen molar-refractivity contribution in [2.75, 3.05) is 19.0 Å². The largest absolute Gasteiger partial charge is 0.484 e. The van der Waals surface area contributed by atoms with E-state index in [9.17, 15) is 22.8 Å². The van der Waals surface area contributed by atoms with Gasteiger partial charge in [-0.2, -0.15) is 13.2 Å². The normalized spacial score (nSPS) is 13.5. The van der Waals surface area contributed by atoms with E-state index in [-0.39, 0.29) is 25.0 Å². The minimum absolute atomic E-state index is 0.0266. The lowest BCUT2D eigenvalue weighted by Crippen LogP contribution is -2.31. The van der Waals surface area contributed by atoms with E-state index in [4.69, 9.17) is 4.74 Å². The van der Waals surface area contributed by atoms with E-state index in [1.165, 1.54) is 17.0 Å². The molecule has 2 amide bonds. The molecule has 2 aromatic carbocycles. The molecule has 0 aliphatic carbocycles. The van der Waals surface area contributed by atoms with Crippen LogP contribution in [-0.4, -0.2) is 30.4 Å². The smallest absolute Gasteiger partial charge is 0.416 e. The molecule has 3 rings (SSSR count). The Balaban J connectivity index is 1.54. The zero-order chi connectivity index (χ0) is 20.3. The predicted octanol–water partition coefficient (Wildman–Crippen LogP) is 3.63. The monoisotopic (exact) mass is 392 g/mol. The van der Waals surface area contributed by atoms with Crippen molar-refractivity contribution in [2.24, 2.45) is 0 Å². The van der Waals surface area contributed by atoms with Gasteiger partial charge in [0.05, 0.1) is 5.56 Å². The summed E-state index contributed by atoms with van der Waals surface area (Å²) in [4.78, 5) is 25.0. The molecule has 0 atom stereocenters. The number of alkyl halides is 3. The highest BCUT2D eigenvalue weighted by Crippen LogP contribution is 2.29. The number of likely N-dealkylation sites (N-methyl/N-ethyl adjacent to an activating group) is 1. The lowest BCUT2D eigenvalue weighted by Gasteiger charge is -2.19. The highest BCUT2D eigenvalue weighted by molar-refractivity contribution is 5.94. The van der Waals surface area contributed by atoms with Gasteiger partial charge in [0.2, 0.25) is 5.91 Å². The van der Waals surface area contributed by atoms with Crippen molar-refractivity contribution in [1.29, 1.82) is 0 Å². The molecule has 2 aromatic rings. The number of nitrogens with zero attached hydrogens (tertiary/aromatic N) is 1. The van der Waals surface area contributed by atoms with Crippen LogP contribution >= 0.6 is 0 Å². The number of carbonyl (C=O) groups excluding carboxylic acids is 2. The van der Waals surface area contributed by atoms with Gasteiger partial charge in [-0.25, -0.2) is 0 Å². The van der Waals surface area contributed by atoms with Gasteiger partial charge in [-0.05, 0) is 47.9 Å². The third-order valence-corrected chi connectivity index (χ3v) is 4.46. The fourth-order valence-corrected chi connectivity index (χ4v) is 2.87. The Labute approximate surface area is 160 Å². The summed E-state index contributed by atoms with van der Waals surface area (Å²) in [5.41, 5.74) is 1.56. The van der Waals surface area contributed by atoms with Crippen molar-refractivity contribution in [2.45, 2.75) is 25.6 Å². The maximum atomic E-state index is 12.6. The summed E-state index contributed by atoms with van der Waals surface area (Å²) >= 11 is 0. The molecule has 0 aromatic heterocycles. The topological polar surface area (TPSA) is 58.6 Å². The van der Waals surface area contributed by atoms with Crippen LogP contribution in [0, 0.1) is 0 Å². The molecule has 28 heavy (non-hydrogen) atoms. The second kappa shape index (κ2) is 7.92. The molecular formula is C20H19F3N2O3. The average molecular weight is 392 g/mol. The Morgan fingerprint density at radius 3 is 2.54 bits per heavy atom. The van der Waals surface area contributed by atoms with Gasteiger partial charge >= 0.3 is 6.18 Å². The Morgan fingerprint density at radius 2 is 1.86 bits per heavy atom. The number of halogens is 3. The van der Waals surface area contributed by atoms with E-state index in [0.29, 0.717) is 24.2 Å². The lowest BCUT2D eigenvalue weighted by atomic mass is 10.0. The second-order valence-corrected chi connectivity index (χ2v) is 6.60. The molecule has 5 nitrogen and oxygen atoms in total. The Hall–Kier alpha value is -3.03. The fourth-order valence-electron chi connectivity index (χ4n) is 2.87. The predicted molar refractivity (Wildman–Crippen MR) is 96.8 cm³/mol. The summed E-state index contributed by atoms with van der Waals surface area (Å²) in [5.74, 6) is 0.193. The molecule has 1 aliphatic heterocycles. The van der Waals surface area contributed by atoms with E-state index in [1.807, 2.05) is 0 Å². The van der Waals surface area contributed by atoms with Gasteiger partial charge in [0.25, 0.3) is 5.91 Å². The van der Waals surface area contributed by atoms with Crippen molar-refractivity contribution < 1.29 is 27.5 Å². The third-order valence-electron chi connectivity index (χ3n) is 4.46. The molecule has 0 saturated carbocycles. The quantitative estimate of drug-likeness (QED) is 0.846. The minimum Gasteiger partial charge on any atom is -0.484 e. The molecule has 8 heteroatoms. The zero-order valence-corrected chi connectivity index (χ0v) is 15.2. The van der Waals surface area contributed by atoms with Crippen LogP contribution in [0.25, 0.3) is 0 Å². The molecule has 1 N–H and O–H groups in total. The first kappa shape index (κ1) is 19.7. The summed E-state index contributed by atoms with van der Waals surface area (Å²) in [5, 5.41) is 2.77. The first-order valence-corrected chi connectivity index (χ1v) is 8.68. The summed E-state index contributed by atoms with van der Waals surface area (Å²) in [6, 6.07) is 9.90. The number of carbonyl (C=O) groups is 2. The van der Waals surface area contributed by atoms with Crippen LogP contribution < -0.4 is 10.1 Å². The van der Waals surface area contributed by atoms with Crippen LogP contribution in [0.5, 0.6) is 5.75 Å². The van der Waals surface area contributed by atoms with E-state index in [0.717, 1.165) is 23.4 Å². The van der Waals surface area contributed by atoms with Crippen molar-refractivity contribution in [3.63, 3.8) is 0 Å². The van der Waals surface area contributed by atoms with Gasteiger partial charge in [0, 0.05) is 25.7 Å². The summed E-state index contributed by atoms with van der Waals surface area (Å²) < 4.78 is 43.3. The first-order valence-electron chi connectivity index (χ1n) is 8.68. The van der Waals surface area contributed by atoms with Gasteiger partial charge in [-0.1, -0.05) is 12.1 Å². The number of nitrogens with one attached hydrogen (secondary N) is 1. The summed E-state index contributed by atoms with van der Waals surface area (Å²) in [6.07, 6.45) is -3.36. The number of benzene rings is 2.